The van der Waals surface area contributed by atoms with E-state index in [2.05, 4.69) is 0 Å². The van der Waals surface area contributed by atoms with Crippen molar-refractivity contribution in [1.82, 2.24) is 0 Å². The molecule has 0 saturated heterocycles. The second kappa shape index (κ2) is 3.65. The predicted molar refractivity (Wildman–Crippen MR) is 47.2 cm³/mol. The molecular formula is C5H6N2O3S2. The van der Waals surface area contributed by atoms with Crippen molar-refractivity contribution in [3.8, 4) is 0 Å². The van der Waals surface area contributed by atoms with Gasteiger partial charge >= 0.3 is 6.03 Å². The zero-order valence-electron chi connectivity index (χ0n) is 5.84. The van der Waals surface area contributed by atoms with Gasteiger partial charge in [0.05, 0.1) is 0 Å². The van der Waals surface area contributed by atoms with E-state index >= 15 is 0 Å². The highest BCUT2D eigenvalue weighted by atomic mass is 32.2. The van der Waals surface area contributed by atoms with Gasteiger partial charge in [0.25, 0.3) is 11.3 Å². The van der Waals surface area contributed by atoms with Crippen LogP contribution in [0.25, 0.3) is 0 Å². The van der Waals surface area contributed by atoms with Crippen molar-refractivity contribution >= 4 is 33.6 Å². The minimum Gasteiger partial charge on any atom is -0.350 e. The number of hydrogen-bond donors (Lipinski definition) is 2. The summed E-state index contributed by atoms with van der Waals surface area (Å²) >= 11 is -1.23. The Morgan fingerprint density at radius 1 is 1.75 bits per heavy atom. The second-order valence-electron chi connectivity index (χ2n) is 1.81. The Kier molecular flexibility index (Phi) is 2.79. The fraction of sp³-hybridized carbons (Fsp3) is 0. The van der Waals surface area contributed by atoms with Crippen LogP contribution in [0, 0.1) is 0 Å². The number of primary amides is 1. The minimum absolute atomic E-state index is 0.350. The zero-order valence-corrected chi connectivity index (χ0v) is 7.47. The third kappa shape index (κ3) is 1.81. The van der Waals surface area contributed by atoms with Crippen molar-refractivity contribution in [2.45, 2.75) is 0 Å². The molecule has 0 aliphatic rings. The number of carbonyl (C=O) groups is 1. The highest BCUT2D eigenvalue weighted by Crippen LogP contribution is 2.21. The van der Waals surface area contributed by atoms with Crippen molar-refractivity contribution in [2.24, 2.45) is 5.73 Å². The summed E-state index contributed by atoms with van der Waals surface area (Å²) in [6, 6.07) is 2.24. The summed E-state index contributed by atoms with van der Waals surface area (Å²) in [4.78, 5) is 10.6. The van der Waals surface area contributed by atoms with Crippen LogP contribution in [0.15, 0.2) is 17.5 Å². The van der Waals surface area contributed by atoms with Gasteiger partial charge in [-0.15, -0.1) is 11.3 Å². The molecule has 0 aromatic carbocycles. The first-order chi connectivity index (χ1) is 5.63. The average molecular weight is 206 g/mol. The summed E-state index contributed by atoms with van der Waals surface area (Å²) in [5.41, 5.74) is 4.87. The largest absolute Gasteiger partial charge is 0.350 e. The number of thiophene rings is 1. The highest BCUT2D eigenvalue weighted by Gasteiger charge is 2.18. The van der Waals surface area contributed by atoms with Crippen LogP contribution in [0.1, 0.15) is 0 Å². The number of nitrogens with two attached hydrogens (primary N) is 1. The number of carbonyl (C=O) groups excluding carboxylic acids is 1. The van der Waals surface area contributed by atoms with E-state index in [1.165, 1.54) is 6.07 Å². The number of amides is 2. The Morgan fingerprint density at radius 2 is 2.42 bits per heavy atom. The van der Waals surface area contributed by atoms with Crippen LogP contribution < -0.4 is 10.0 Å². The first kappa shape index (κ1) is 9.17. The van der Waals surface area contributed by atoms with E-state index in [0.717, 1.165) is 11.3 Å². The van der Waals surface area contributed by atoms with Gasteiger partial charge in [0.1, 0.15) is 5.00 Å². The Hall–Kier alpha value is -0.920. The van der Waals surface area contributed by atoms with E-state index in [-0.39, 0.29) is 0 Å². The van der Waals surface area contributed by atoms with Gasteiger partial charge in [-0.1, -0.05) is 0 Å². The quantitative estimate of drug-likeness (QED) is 0.701. The van der Waals surface area contributed by atoms with Crippen molar-refractivity contribution in [3.05, 3.63) is 17.5 Å². The first-order valence-corrected chi connectivity index (χ1v) is 4.81. The molecule has 7 heteroatoms. The summed E-state index contributed by atoms with van der Waals surface area (Å²) in [6.07, 6.45) is 0. The van der Waals surface area contributed by atoms with Crippen molar-refractivity contribution in [1.29, 1.82) is 0 Å². The van der Waals surface area contributed by atoms with Crippen LogP contribution >= 0.6 is 11.3 Å². The SMILES string of the molecule is NC(=O)N(c1cccs1)S(=O)O. The number of rotatable bonds is 2. The van der Waals surface area contributed by atoms with Crippen LogP contribution in [0.2, 0.25) is 0 Å². The van der Waals surface area contributed by atoms with Gasteiger partial charge in [-0.2, -0.15) is 4.31 Å². The Labute approximate surface area is 75.2 Å². The molecule has 0 aliphatic carbocycles. The summed E-state index contributed by atoms with van der Waals surface area (Å²) in [5.74, 6) is 0. The van der Waals surface area contributed by atoms with Gasteiger partial charge in [0.2, 0.25) is 0 Å². The average Bonchev–Trinajstić information content (AvgIpc) is 2.37. The monoisotopic (exact) mass is 206 g/mol. The molecule has 1 heterocycles. The molecule has 0 radical (unpaired) electrons. The maximum absolute atomic E-state index is 10.6. The lowest BCUT2D eigenvalue weighted by Gasteiger charge is -2.11. The normalized spacial score (nSPS) is 12.4. The van der Waals surface area contributed by atoms with E-state index < -0.39 is 17.3 Å². The highest BCUT2D eigenvalue weighted by molar-refractivity contribution is 7.81. The molecule has 1 rings (SSSR count). The summed E-state index contributed by atoms with van der Waals surface area (Å²) in [7, 11) is 0. The molecule has 5 nitrogen and oxygen atoms in total. The van der Waals surface area contributed by atoms with Gasteiger partial charge in [-0.25, -0.2) is 9.00 Å². The van der Waals surface area contributed by atoms with E-state index in [9.17, 15) is 9.00 Å². The van der Waals surface area contributed by atoms with Crippen LogP contribution in [0.5, 0.6) is 0 Å². The lowest BCUT2D eigenvalue weighted by atomic mass is 10.6. The molecule has 1 unspecified atom stereocenters. The molecule has 66 valence electrons. The van der Waals surface area contributed by atoms with Crippen molar-refractivity contribution in [2.75, 3.05) is 4.31 Å². The van der Waals surface area contributed by atoms with Gasteiger partial charge in [0.15, 0.2) is 0 Å². The summed E-state index contributed by atoms with van der Waals surface area (Å²) in [5, 5.41) is 2.03. The van der Waals surface area contributed by atoms with Crippen LogP contribution in [-0.2, 0) is 11.3 Å². The summed E-state index contributed by atoms with van der Waals surface area (Å²) in [6.45, 7) is 0. The minimum atomic E-state index is -2.39. The molecule has 1 atom stereocenters. The zero-order chi connectivity index (χ0) is 9.14. The molecule has 0 bridgehead atoms. The van der Waals surface area contributed by atoms with Crippen LogP contribution in [0.4, 0.5) is 9.80 Å². The fourth-order valence-electron chi connectivity index (χ4n) is 0.648. The van der Waals surface area contributed by atoms with Crippen LogP contribution in [0.3, 0.4) is 0 Å². The molecule has 0 saturated carbocycles. The van der Waals surface area contributed by atoms with E-state index in [4.69, 9.17) is 10.3 Å². The topological polar surface area (TPSA) is 83.6 Å². The number of nitrogens with zero attached hydrogens (tertiary/aromatic N) is 1. The van der Waals surface area contributed by atoms with E-state index in [1.807, 2.05) is 0 Å². The molecule has 0 fully saturated rings. The fourth-order valence-corrected chi connectivity index (χ4v) is 1.98. The maximum Gasteiger partial charge on any atom is 0.333 e. The molecule has 12 heavy (non-hydrogen) atoms. The Morgan fingerprint density at radius 3 is 2.75 bits per heavy atom. The molecule has 3 N–H and O–H groups in total. The Bertz CT molecular complexity index is 284. The number of hydrogen-bond acceptors (Lipinski definition) is 3. The third-order valence-electron chi connectivity index (χ3n) is 1.06. The lowest BCUT2D eigenvalue weighted by molar-refractivity contribution is 0.257. The van der Waals surface area contributed by atoms with E-state index in [1.54, 1.807) is 11.4 Å². The molecule has 0 spiro atoms. The maximum atomic E-state index is 10.6. The van der Waals surface area contributed by atoms with Crippen molar-refractivity contribution < 1.29 is 13.6 Å². The second-order valence-corrected chi connectivity index (χ2v) is 3.57. The number of urea groups is 1. The first-order valence-electron chi connectivity index (χ1n) is 2.87. The van der Waals surface area contributed by atoms with Gasteiger partial charge in [-0.3, -0.25) is 4.55 Å². The van der Waals surface area contributed by atoms with Gasteiger partial charge in [-0.05, 0) is 17.5 Å². The molecule has 1 aromatic rings. The lowest BCUT2D eigenvalue weighted by Crippen LogP contribution is -2.36. The standard InChI is InChI=1S/C5H6N2O3S2/c6-5(8)7(12(9)10)4-2-1-3-11-4/h1-3H,(H2,6,8)(H,9,10). The van der Waals surface area contributed by atoms with Gasteiger partial charge in [0, 0.05) is 0 Å². The smallest absolute Gasteiger partial charge is 0.333 e. The van der Waals surface area contributed by atoms with Gasteiger partial charge < -0.3 is 5.73 Å². The molecule has 0 aliphatic heterocycles. The third-order valence-corrected chi connectivity index (χ3v) is 2.72. The molecule has 2 amide bonds. The number of anilines is 1. The predicted octanol–water partition coefficient (Wildman–Crippen LogP) is 0.770. The summed E-state index contributed by atoms with van der Waals surface area (Å²) < 4.78 is 19.8. The molecule has 1 aromatic heterocycles. The van der Waals surface area contributed by atoms with E-state index in [0.29, 0.717) is 9.31 Å². The Balaban J connectivity index is 2.96. The van der Waals surface area contributed by atoms with Crippen LogP contribution in [-0.4, -0.2) is 14.8 Å². The van der Waals surface area contributed by atoms with Crippen molar-refractivity contribution in [3.63, 3.8) is 0 Å². The molecular weight excluding hydrogens is 200 g/mol.